The molecule has 0 saturated heterocycles. The van der Waals surface area contributed by atoms with Crippen LogP contribution in [0.1, 0.15) is 25.0 Å². The van der Waals surface area contributed by atoms with Crippen molar-refractivity contribution in [2.75, 3.05) is 26.8 Å². The molecule has 0 aromatic heterocycles. The Morgan fingerprint density at radius 2 is 1.95 bits per heavy atom. The minimum Gasteiger partial charge on any atom is -0.352 e. The highest BCUT2D eigenvalue weighted by Crippen LogP contribution is 2.08. The third kappa shape index (κ3) is 5.84. The Hall–Kier alpha value is -1.41. The molecule has 1 aromatic carbocycles. The van der Waals surface area contributed by atoms with E-state index < -0.39 is 0 Å². The van der Waals surface area contributed by atoms with Crippen LogP contribution in [0.4, 0.5) is 0 Å². The molecule has 0 unspecified atom stereocenters. The summed E-state index contributed by atoms with van der Waals surface area (Å²) in [5.41, 5.74) is 1.81. The van der Waals surface area contributed by atoms with Gasteiger partial charge in [0.25, 0.3) is 0 Å². The van der Waals surface area contributed by atoms with Crippen molar-refractivity contribution < 1.29 is 9.47 Å². The number of nitriles is 1. The maximum Gasteiger partial charge on any atom is 0.170 e. The fourth-order valence-electron chi connectivity index (χ4n) is 1.90. The van der Waals surface area contributed by atoms with Crippen molar-refractivity contribution in [3.63, 3.8) is 0 Å². The summed E-state index contributed by atoms with van der Waals surface area (Å²) in [4.78, 5) is 2.13. The summed E-state index contributed by atoms with van der Waals surface area (Å²) in [6.45, 7) is 6.68. The average molecular weight is 262 g/mol. The van der Waals surface area contributed by atoms with Gasteiger partial charge < -0.3 is 9.47 Å². The number of nitrogens with zero attached hydrogens (tertiary/aromatic N) is 2. The number of hydrogen-bond donors (Lipinski definition) is 0. The van der Waals surface area contributed by atoms with Gasteiger partial charge in [-0.1, -0.05) is 12.1 Å². The van der Waals surface area contributed by atoms with E-state index in [1.54, 1.807) is 0 Å². The summed E-state index contributed by atoms with van der Waals surface area (Å²) in [5, 5.41) is 8.88. The first-order valence-corrected chi connectivity index (χ1v) is 6.60. The van der Waals surface area contributed by atoms with Gasteiger partial charge in [-0.2, -0.15) is 5.26 Å². The van der Waals surface area contributed by atoms with Crippen molar-refractivity contribution in [1.82, 2.24) is 4.90 Å². The summed E-state index contributed by atoms with van der Waals surface area (Å²) in [6, 6.07) is 9.80. The standard InChI is InChI=1S/C15H22N2O2/c1-4-18-15(19-5-2)12-17(3)11-14-8-6-7-13(9-14)10-16/h6-9,15H,4-5,11-12H2,1-3H3. The maximum atomic E-state index is 8.88. The number of likely N-dealkylation sites (N-methyl/N-ethyl adjacent to an activating group) is 1. The van der Waals surface area contributed by atoms with Crippen LogP contribution >= 0.6 is 0 Å². The van der Waals surface area contributed by atoms with Gasteiger partial charge in [-0.05, 0) is 38.6 Å². The summed E-state index contributed by atoms with van der Waals surface area (Å²) in [7, 11) is 2.02. The number of benzene rings is 1. The van der Waals surface area contributed by atoms with E-state index in [0.29, 0.717) is 25.3 Å². The lowest BCUT2D eigenvalue weighted by Crippen LogP contribution is -2.33. The summed E-state index contributed by atoms with van der Waals surface area (Å²) >= 11 is 0. The summed E-state index contributed by atoms with van der Waals surface area (Å²) in [5.74, 6) is 0. The Morgan fingerprint density at radius 1 is 1.26 bits per heavy atom. The van der Waals surface area contributed by atoms with Crippen molar-refractivity contribution in [2.24, 2.45) is 0 Å². The summed E-state index contributed by atoms with van der Waals surface area (Å²) in [6.07, 6.45) is -0.195. The Morgan fingerprint density at radius 3 is 2.53 bits per heavy atom. The monoisotopic (exact) mass is 262 g/mol. The van der Waals surface area contributed by atoms with Gasteiger partial charge in [-0.3, -0.25) is 4.90 Å². The smallest absolute Gasteiger partial charge is 0.170 e. The highest BCUT2D eigenvalue weighted by atomic mass is 16.7. The highest BCUT2D eigenvalue weighted by Gasteiger charge is 2.11. The normalized spacial score (nSPS) is 10.9. The van der Waals surface area contributed by atoms with Crippen molar-refractivity contribution >= 4 is 0 Å². The Labute approximate surface area is 115 Å². The number of hydrogen-bond acceptors (Lipinski definition) is 4. The third-order valence-electron chi connectivity index (χ3n) is 2.67. The summed E-state index contributed by atoms with van der Waals surface area (Å²) < 4.78 is 11.0. The van der Waals surface area contributed by atoms with Crippen LogP contribution in [0.2, 0.25) is 0 Å². The van der Waals surface area contributed by atoms with E-state index in [1.165, 1.54) is 0 Å². The van der Waals surface area contributed by atoms with Crippen LogP contribution in [-0.4, -0.2) is 38.0 Å². The molecular weight excluding hydrogens is 240 g/mol. The molecule has 104 valence electrons. The molecule has 4 nitrogen and oxygen atoms in total. The van der Waals surface area contributed by atoms with E-state index in [9.17, 15) is 0 Å². The molecule has 0 N–H and O–H groups in total. The molecule has 1 aromatic rings. The van der Waals surface area contributed by atoms with Crippen LogP contribution < -0.4 is 0 Å². The molecule has 4 heteroatoms. The minimum atomic E-state index is -0.195. The molecular formula is C15H22N2O2. The van der Waals surface area contributed by atoms with Gasteiger partial charge in [-0.15, -0.1) is 0 Å². The fourth-order valence-corrected chi connectivity index (χ4v) is 1.90. The molecule has 0 fully saturated rings. The van der Waals surface area contributed by atoms with Crippen LogP contribution in [-0.2, 0) is 16.0 Å². The van der Waals surface area contributed by atoms with Crippen LogP contribution in [0.25, 0.3) is 0 Å². The Kier molecular flexibility index (Phi) is 7.12. The lowest BCUT2D eigenvalue weighted by atomic mass is 10.1. The van der Waals surface area contributed by atoms with Crippen molar-refractivity contribution in [2.45, 2.75) is 26.7 Å². The lowest BCUT2D eigenvalue weighted by Gasteiger charge is -2.23. The fraction of sp³-hybridized carbons (Fsp3) is 0.533. The lowest BCUT2D eigenvalue weighted by molar-refractivity contribution is -0.145. The van der Waals surface area contributed by atoms with Crippen molar-refractivity contribution in [3.05, 3.63) is 35.4 Å². The predicted molar refractivity (Wildman–Crippen MR) is 74.5 cm³/mol. The third-order valence-corrected chi connectivity index (χ3v) is 2.67. The zero-order chi connectivity index (χ0) is 14.1. The van der Waals surface area contributed by atoms with E-state index in [4.69, 9.17) is 14.7 Å². The number of ether oxygens (including phenoxy) is 2. The highest BCUT2D eigenvalue weighted by molar-refractivity contribution is 5.32. The second kappa shape index (κ2) is 8.65. The molecule has 0 heterocycles. The molecule has 1 rings (SSSR count). The van der Waals surface area contributed by atoms with Crippen molar-refractivity contribution in [3.8, 4) is 6.07 Å². The molecule has 0 saturated carbocycles. The van der Waals surface area contributed by atoms with Crippen LogP contribution in [0.15, 0.2) is 24.3 Å². The van der Waals surface area contributed by atoms with E-state index >= 15 is 0 Å². The molecule has 0 bridgehead atoms. The van der Waals surface area contributed by atoms with Gasteiger partial charge in [0.2, 0.25) is 0 Å². The molecule has 0 amide bonds. The first-order chi connectivity index (χ1) is 9.19. The van der Waals surface area contributed by atoms with Gasteiger partial charge >= 0.3 is 0 Å². The molecule has 19 heavy (non-hydrogen) atoms. The van der Waals surface area contributed by atoms with Crippen LogP contribution in [0.5, 0.6) is 0 Å². The second-order valence-electron chi connectivity index (χ2n) is 4.35. The van der Waals surface area contributed by atoms with Crippen molar-refractivity contribution in [1.29, 1.82) is 5.26 Å². The van der Waals surface area contributed by atoms with Gasteiger partial charge in [-0.25, -0.2) is 0 Å². The van der Waals surface area contributed by atoms with Crippen LogP contribution in [0, 0.1) is 11.3 Å². The Balaban J connectivity index is 2.53. The number of rotatable bonds is 8. The molecule has 0 atom stereocenters. The largest absolute Gasteiger partial charge is 0.352 e. The van der Waals surface area contributed by atoms with Gasteiger partial charge in [0.05, 0.1) is 11.6 Å². The first kappa shape index (κ1) is 15.6. The predicted octanol–water partition coefficient (Wildman–Crippen LogP) is 2.39. The first-order valence-electron chi connectivity index (χ1n) is 6.60. The van der Waals surface area contributed by atoms with E-state index in [2.05, 4.69) is 11.0 Å². The van der Waals surface area contributed by atoms with Gasteiger partial charge in [0.15, 0.2) is 6.29 Å². The maximum absolute atomic E-state index is 8.88. The molecule has 0 spiro atoms. The topological polar surface area (TPSA) is 45.5 Å². The van der Waals surface area contributed by atoms with Gasteiger partial charge in [0.1, 0.15) is 0 Å². The van der Waals surface area contributed by atoms with Gasteiger partial charge in [0, 0.05) is 26.3 Å². The quantitative estimate of drug-likeness (QED) is 0.675. The molecule has 0 aliphatic heterocycles. The van der Waals surface area contributed by atoms with Crippen LogP contribution in [0.3, 0.4) is 0 Å². The van der Waals surface area contributed by atoms with E-state index in [1.807, 2.05) is 45.2 Å². The minimum absolute atomic E-state index is 0.195. The molecule has 0 radical (unpaired) electrons. The second-order valence-corrected chi connectivity index (χ2v) is 4.35. The van der Waals surface area contributed by atoms with E-state index in [-0.39, 0.29) is 6.29 Å². The zero-order valence-electron chi connectivity index (χ0n) is 11.9. The average Bonchev–Trinajstić information content (AvgIpc) is 2.39. The zero-order valence-corrected chi connectivity index (χ0v) is 11.9. The Bertz CT molecular complexity index is 409. The van der Waals surface area contributed by atoms with E-state index in [0.717, 1.165) is 12.1 Å². The SMILES string of the molecule is CCOC(CN(C)Cc1cccc(C#N)c1)OCC. The molecule has 0 aliphatic carbocycles. The molecule has 0 aliphatic rings.